The molecular weight excluding hydrogens is 518 g/mol. The van der Waals surface area contributed by atoms with Crippen molar-refractivity contribution in [3.8, 4) is 22.3 Å². The molecule has 0 atom stereocenters. The molecule has 5 rings (SSSR count). The maximum Gasteiger partial charge on any atom is 0.323 e. The van der Waals surface area contributed by atoms with Crippen molar-refractivity contribution in [2.45, 2.75) is 11.4 Å². The monoisotopic (exact) mass is 543 g/mol. The van der Waals surface area contributed by atoms with Crippen molar-refractivity contribution in [1.82, 2.24) is 4.98 Å². The van der Waals surface area contributed by atoms with Gasteiger partial charge in [0, 0.05) is 40.2 Å². The van der Waals surface area contributed by atoms with Crippen molar-refractivity contribution in [2.75, 3.05) is 16.9 Å². The maximum absolute atomic E-state index is 12.3. The third kappa shape index (κ3) is 4.72. The molecule has 2 amide bonds. The Balaban J connectivity index is 1.54. The number of amides is 2. The average Bonchev–Trinajstić information content (AvgIpc) is 3.35. The molecule has 6 N–H and O–H groups in total. The van der Waals surface area contributed by atoms with Gasteiger partial charge in [-0.15, -0.1) is 11.3 Å². The Hall–Kier alpha value is -4.25. The van der Waals surface area contributed by atoms with E-state index >= 15 is 0 Å². The number of benzene rings is 3. The lowest BCUT2D eigenvalue weighted by molar-refractivity contribution is 0.256. The Bertz CT molecular complexity index is 1760. The third-order valence-electron chi connectivity index (χ3n) is 6.28. The smallest absolute Gasteiger partial charge is 0.323 e. The Morgan fingerprint density at radius 1 is 0.947 bits per heavy atom. The van der Waals surface area contributed by atoms with Gasteiger partial charge in [0.15, 0.2) is 9.84 Å². The predicted octanol–water partition coefficient (Wildman–Crippen LogP) is 5.29. The standard InChI is InChI=1S/C28H25N5O3S2/c1-38(35,36)22-11-7-18(8-12-22)23-15-32-27(30)25-24(16-37-26(23)25)19-5-9-20(10-6-19)33(28(31)34)21-4-2-3-17(13-21)14-29/h2-13,15-16H,14,29H2,1H3,(H2,30,32)(H2,31,34). The highest BCUT2D eigenvalue weighted by Crippen LogP contribution is 2.42. The largest absolute Gasteiger partial charge is 0.383 e. The first-order valence-corrected chi connectivity index (χ1v) is 14.4. The molecule has 5 aromatic rings. The molecule has 0 spiro atoms. The van der Waals surface area contributed by atoms with E-state index in [4.69, 9.17) is 17.2 Å². The van der Waals surface area contributed by atoms with Crippen LogP contribution in [0.25, 0.3) is 32.3 Å². The molecule has 0 saturated heterocycles. The number of urea groups is 1. The molecule has 0 unspecified atom stereocenters. The molecule has 0 saturated carbocycles. The molecule has 2 heterocycles. The van der Waals surface area contributed by atoms with E-state index in [1.54, 1.807) is 36.5 Å². The van der Waals surface area contributed by atoms with Gasteiger partial charge >= 0.3 is 6.03 Å². The van der Waals surface area contributed by atoms with Crippen LogP contribution in [0.5, 0.6) is 0 Å². The first-order valence-electron chi connectivity index (χ1n) is 11.6. The molecular formula is C28H25N5O3S2. The van der Waals surface area contributed by atoms with Crippen molar-refractivity contribution in [1.29, 1.82) is 0 Å². The first kappa shape index (κ1) is 25.4. The molecule has 8 nitrogen and oxygen atoms in total. The van der Waals surface area contributed by atoms with Crippen LogP contribution in [0.3, 0.4) is 0 Å². The number of carbonyl (C=O) groups excluding carboxylic acids is 1. The van der Waals surface area contributed by atoms with Crippen LogP contribution < -0.4 is 22.1 Å². The summed E-state index contributed by atoms with van der Waals surface area (Å²) < 4.78 is 24.6. The highest BCUT2D eigenvalue weighted by atomic mass is 32.2. The number of thiophene rings is 1. The number of hydrogen-bond donors (Lipinski definition) is 3. The number of aromatic nitrogens is 1. The molecule has 0 radical (unpaired) electrons. The van der Waals surface area contributed by atoms with E-state index in [1.807, 2.05) is 47.8 Å². The van der Waals surface area contributed by atoms with Crippen LogP contribution >= 0.6 is 11.3 Å². The van der Waals surface area contributed by atoms with E-state index in [0.29, 0.717) is 23.7 Å². The fraction of sp³-hybridized carbons (Fsp3) is 0.0714. The molecule has 10 heteroatoms. The lowest BCUT2D eigenvalue weighted by Gasteiger charge is -2.21. The second-order valence-corrected chi connectivity index (χ2v) is 11.7. The second kappa shape index (κ2) is 9.90. The number of rotatable bonds is 6. The highest BCUT2D eigenvalue weighted by molar-refractivity contribution is 7.90. The third-order valence-corrected chi connectivity index (χ3v) is 8.42. The molecule has 0 aliphatic rings. The SMILES string of the molecule is CS(=O)(=O)c1ccc(-c2cnc(N)c3c(-c4ccc(N(C(N)=O)c5cccc(CN)c5)cc4)csc23)cc1. The minimum Gasteiger partial charge on any atom is -0.383 e. The molecule has 3 aromatic carbocycles. The summed E-state index contributed by atoms with van der Waals surface area (Å²) in [5, 5.41) is 2.83. The summed E-state index contributed by atoms with van der Waals surface area (Å²) in [7, 11) is -3.29. The van der Waals surface area contributed by atoms with Gasteiger partial charge in [0.05, 0.1) is 16.3 Å². The highest BCUT2D eigenvalue weighted by Gasteiger charge is 2.18. The number of nitrogens with zero attached hydrogens (tertiary/aromatic N) is 2. The normalized spacial score (nSPS) is 11.5. The molecule has 0 bridgehead atoms. The molecule has 0 fully saturated rings. The van der Waals surface area contributed by atoms with Crippen LogP contribution in [0, 0.1) is 0 Å². The number of hydrogen-bond acceptors (Lipinski definition) is 7. The van der Waals surface area contributed by atoms with Crippen LogP contribution in [0.4, 0.5) is 22.0 Å². The number of nitrogens with two attached hydrogens (primary N) is 3. The Morgan fingerprint density at radius 3 is 2.24 bits per heavy atom. The number of sulfone groups is 1. The van der Waals surface area contributed by atoms with Gasteiger partial charge in [-0.3, -0.25) is 4.90 Å². The molecule has 192 valence electrons. The summed E-state index contributed by atoms with van der Waals surface area (Å²) in [6.07, 6.45) is 2.89. The summed E-state index contributed by atoms with van der Waals surface area (Å²) >= 11 is 1.54. The van der Waals surface area contributed by atoms with Crippen LogP contribution in [-0.2, 0) is 16.4 Å². The lowest BCUT2D eigenvalue weighted by atomic mass is 10.0. The Kier molecular flexibility index (Phi) is 6.62. The van der Waals surface area contributed by atoms with Crippen molar-refractivity contribution in [3.05, 3.63) is 89.9 Å². The topological polar surface area (TPSA) is 145 Å². The lowest BCUT2D eigenvalue weighted by Crippen LogP contribution is -2.31. The number of pyridine rings is 1. The minimum atomic E-state index is -3.29. The van der Waals surface area contributed by atoms with E-state index < -0.39 is 15.9 Å². The van der Waals surface area contributed by atoms with Gasteiger partial charge in [-0.1, -0.05) is 36.4 Å². The molecule has 38 heavy (non-hydrogen) atoms. The van der Waals surface area contributed by atoms with E-state index in [0.717, 1.165) is 37.9 Å². The van der Waals surface area contributed by atoms with E-state index in [-0.39, 0.29) is 4.90 Å². The van der Waals surface area contributed by atoms with Gasteiger partial charge in [0.2, 0.25) is 0 Å². The quantitative estimate of drug-likeness (QED) is 0.265. The average molecular weight is 544 g/mol. The van der Waals surface area contributed by atoms with E-state index in [2.05, 4.69) is 4.98 Å². The van der Waals surface area contributed by atoms with Crippen molar-refractivity contribution >= 4 is 54.5 Å². The van der Waals surface area contributed by atoms with Crippen molar-refractivity contribution in [2.24, 2.45) is 11.5 Å². The van der Waals surface area contributed by atoms with Crippen molar-refractivity contribution < 1.29 is 13.2 Å². The minimum absolute atomic E-state index is 0.257. The predicted molar refractivity (Wildman–Crippen MR) is 154 cm³/mol. The van der Waals surface area contributed by atoms with Gasteiger partial charge in [0.1, 0.15) is 5.82 Å². The zero-order valence-corrected chi connectivity index (χ0v) is 22.1. The van der Waals surface area contributed by atoms with Gasteiger partial charge in [-0.2, -0.15) is 0 Å². The van der Waals surface area contributed by atoms with Gasteiger partial charge in [0.25, 0.3) is 0 Å². The summed E-state index contributed by atoms with van der Waals surface area (Å²) in [6, 6.07) is 21.0. The van der Waals surface area contributed by atoms with Crippen LogP contribution in [0.15, 0.2) is 89.3 Å². The Labute approximate surface area is 224 Å². The number of fused-ring (bicyclic) bond motifs is 1. The summed E-state index contributed by atoms with van der Waals surface area (Å²) in [4.78, 5) is 18.5. The number of primary amides is 1. The van der Waals surface area contributed by atoms with Crippen LogP contribution in [0.2, 0.25) is 0 Å². The number of carbonyl (C=O) groups is 1. The first-order chi connectivity index (χ1) is 18.2. The zero-order valence-electron chi connectivity index (χ0n) is 20.5. The summed E-state index contributed by atoms with van der Waals surface area (Å²) in [6.45, 7) is 0.351. The molecule has 0 aliphatic carbocycles. The maximum atomic E-state index is 12.3. The number of nitrogen functional groups attached to an aromatic ring is 1. The Morgan fingerprint density at radius 2 is 1.61 bits per heavy atom. The van der Waals surface area contributed by atoms with Gasteiger partial charge in [-0.05, 0) is 58.5 Å². The van der Waals surface area contributed by atoms with Crippen LogP contribution in [-0.4, -0.2) is 25.7 Å². The van der Waals surface area contributed by atoms with Crippen LogP contribution in [0.1, 0.15) is 5.56 Å². The molecule has 0 aliphatic heterocycles. The fourth-order valence-corrected chi connectivity index (χ4v) is 6.13. The van der Waals surface area contributed by atoms with E-state index in [1.165, 1.54) is 22.5 Å². The van der Waals surface area contributed by atoms with Gasteiger partial charge < -0.3 is 17.2 Å². The van der Waals surface area contributed by atoms with Crippen molar-refractivity contribution in [3.63, 3.8) is 0 Å². The molecule has 2 aromatic heterocycles. The summed E-state index contributed by atoms with van der Waals surface area (Å²) in [5.74, 6) is 0.397. The second-order valence-electron chi connectivity index (χ2n) is 8.80. The number of anilines is 3. The van der Waals surface area contributed by atoms with E-state index in [9.17, 15) is 13.2 Å². The van der Waals surface area contributed by atoms with Gasteiger partial charge in [-0.25, -0.2) is 18.2 Å². The summed E-state index contributed by atoms with van der Waals surface area (Å²) in [5.41, 5.74) is 23.5. The zero-order chi connectivity index (χ0) is 27.0. The fourth-order valence-electron chi connectivity index (χ4n) is 4.38.